The van der Waals surface area contributed by atoms with Crippen LogP contribution in [0.15, 0.2) is 73.1 Å². The molecule has 0 aliphatic carbocycles. The summed E-state index contributed by atoms with van der Waals surface area (Å²) in [4.78, 5) is 16.1. The molecule has 28 heavy (non-hydrogen) atoms. The molecule has 0 spiro atoms. The summed E-state index contributed by atoms with van der Waals surface area (Å²) in [6.07, 6.45) is 5.49. The van der Waals surface area contributed by atoms with Gasteiger partial charge in [-0.3, -0.25) is 9.78 Å². The molecule has 0 fully saturated rings. The number of pyridine rings is 1. The van der Waals surface area contributed by atoms with E-state index in [0.29, 0.717) is 11.5 Å². The molecule has 1 heterocycles. The fourth-order valence-electron chi connectivity index (χ4n) is 2.56. The molecule has 1 unspecified atom stereocenters. The van der Waals surface area contributed by atoms with E-state index in [1.54, 1.807) is 37.5 Å². The molecule has 3 aromatic rings. The first kappa shape index (κ1) is 19.2. The fourth-order valence-corrected chi connectivity index (χ4v) is 2.56. The monoisotopic (exact) mass is 380 g/mol. The Morgan fingerprint density at radius 1 is 1.04 bits per heavy atom. The second kappa shape index (κ2) is 8.90. The number of halogens is 2. The molecule has 1 N–H and O–H groups in total. The Labute approximate surface area is 161 Å². The normalized spacial score (nSPS) is 12.0. The van der Waals surface area contributed by atoms with E-state index in [1.807, 2.05) is 18.2 Å². The van der Waals surface area contributed by atoms with Crippen LogP contribution in [0.5, 0.6) is 11.5 Å². The van der Waals surface area contributed by atoms with E-state index in [2.05, 4.69) is 10.3 Å². The van der Waals surface area contributed by atoms with Gasteiger partial charge in [0.2, 0.25) is 5.91 Å². The van der Waals surface area contributed by atoms with Crippen LogP contribution in [-0.2, 0) is 4.79 Å². The van der Waals surface area contributed by atoms with E-state index in [-0.39, 0.29) is 11.6 Å². The molecule has 0 radical (unpaired) electrons. The standard InChI is InChI=1S/C22H18F2N2O2/c1-15(26-22(27)9-8-19-20(23)6-3-7-21(19)24)16-4-2-5-18(14-16)28-17-10-12-25-13-11-17/h2-15H,1H3,(H,26,27). The number of rotatable bonds is 6. The summed E-state index contributed by atoms with van der Waals surface area (Å²) in [5.41, 5.74) is 0.573. The Kier molecular flexibility index (Phi) is 6.11. The summed E-state index contributed by atoms with van der Waals surface area (Å²) in [6.45, 7) is 1.81. The number of carbonyl (C=O) groups is 1. The largest absolute Gasteiger partial charge is 0.457 e. The lowest BCUT2D eigenvalue weighted by Gasteiger charge is -2.14. The van der Waals surface area contributed by atoms with Gasteiger partial charge in [0.05, 0.1) is 6.04 Å². The molecule has 1 atom stereocenters. The zero-order valence-electron chi connectivity index (χ0n) is 15.1. The van der Waals surface area contributed by atoms with Crippen LogP contribution < -0.4 is 10.1 Å². The van der Waals surface area contributed by atoms with Crippen molar-refractivity contribution in [3.8, 4) is 11.5 Å². The number of nitrogens with zero attached hydrogens (tertiary/aromatic N) is 1. The highest BCUT2D eigenvalue weighted by atomic mass is 19.1. The molecule has 0 saturated carbocycles. The first-order valence-electron chi connectivity index (χ1n) is 8.63. The molecule has 0 aliphatic rings. The van der Waals surface area contributed by atoms with Crippen LogP contribution >= 0.6 is 0 Å². The lowest BCUT2D eigenvalue weighted by Crippen LogP contribution is -2.24. The summed E-state index contributed by atoms with van der Waals surface area (Å²) in [7, 11) is 0. The Morgan fingerprint density at radius 2 is 1.71 bits per heavy atom. The molecular formula is C22H18F2N2O2. The molecule has 1 aromatic heterocycles. The quantitative estimate of drug-likeness (QED) is 0.610. The highest BCUT2D eigenvalue weighted by Crippen LogP contribution is 2.24. The van der Waals surface area contributed by atoms with Gasteiger partial charge < -0.3 is 10.1 Å². The number of ether oxygens (including phenoxy) is 1. The average Bonchev–Trinajstić information content (AvgIpc) is 2.68. The topological polar surface area (TPSA) is 51.2 Å². The first-order chi connectivity index (χ1) is 13.5. The maximum atomic E-state index is 13.6. The summed E-state index contributed by atoms with van der Waals surface area (Å²) >= 11 is 0. The first-order valence-corrected chi connectivity index (χ1v) is 8.63. The molecule has 6 heteroatoms. The van der Waals surface area contributed by atoms with Crippen molar-refractivity contribution in [3.05, 3.63) is 95.8 Å². The smallest absolute Gasteiger partial charge is 0.244 e. The van der Waals surface area contributed by atoms with Gasteiger partial charge in [0.25, 0.3) is 0 Å². The highest BCUT2D eigenvalue weighted by molar-refractivity contribution is 5.92. The van der Waals surface area contributed by atoms with E-state index < -0.39 is 17.5 Å². The second-order valence-electron chi connectivity index (χ2n) is 6.06. The number of benzene rings is 2. The van der Waals surface area contributed by atoms with Crippen LogP contribution in [0.2, 0.25) is 0 Å². The van der Waals surface area contributed by atoms with Crippen LogP contribution in [0.1, 0.15) is 24.1 Å². The lowest BCUT2D eigenvalue weighted by atomic mass is 10.1. The van der Waals surface area contributed by atoms with Gasteiger partial charge in [0.15, 0.2) is 0 Å². The van der Waals surface area contributed by atoms with Crippen molar-refractivity contribution in [1.82, 2.24) is 10.3 Å². The molecule has 2 aromatic carbocycles. The number of nitrogens with one attached hydrogen (secondary N) is 1. The van der Waals surface area contributed by atoms with Gasteiger partial charge in [-0.1, -0.05) is 18.2 Å². The van der Waals surface area contributed by atoms with Gasteiger partial charge >= 0.3 is 0 Å². The van der Waals surface area contributed by atoms with Crippen molar-refractivity contribution >= 4 is 12.0 Å². The molecule has 0 aliphatic heterocycles. The minimum absolute atomic E-state index is 0.252. The molecule has 3 rings (SSSR count). The van der Waals surface area contributed by atoms with Crippen molar-refractivity contribution in [3.63, 3.8) is 0 Å². The van der Waals surface area contributed by atoms with E-state index in [9.17, 15) is 13.6 Å². The zero-order valence-corrected chi connectivity index (χ0v) is 15.1. The van der Waals surface area contributed by atoms with E-state index in [0.717, 1.165) is 29.8 Å². The predicted octanol–water partition coefficient (Wildman–Crippen LogP) is 5.04. The van der Waals surface area contributed by atoms with Crippen molar-refractivity contribution in [2.75, 3.05) is 0 Å². The SMILES string of the molecule is CC(NC(=O)C=Cc1c(F)cccc1F)c1cccc(Oc2ccncc2)c1. The van der Waals surface area contributed by atoms with E-state index >= 15 is 0 Å². The number of aromatic nitrogens is 1. The summed E-state index contributed by atoms with van der Waals surface area (Å²) in [5.74, 6) is -0.640. The molecular weight excluding hydrogens is 362 g/mol. The van der Waals surface area contributed by atoms with E-state index in [1.165, 1.54) is 6.07 Å². The van der Waals surface area contributed by atoms with Gasteiger partial charge in [0, 0.05) is 24.0 Å². The van der Waals surface area contributed by atoms with Crippen LogP contribution in [0.3, 0.4) is 0 Å². The molecule has 1 amide bonds. The van der Waals surface area contributed by atoms with Crippen molar-refractivity contribution in [2.24, 2.45) is 0 Å². The van der Waals surface area contributed by atoms with Crippen molar-refractivity contribution < 1.29 is 18.3 Å². The zero-order chi connectivity index (χ0) is 19.9. The third-order valence-electron chi connectivity index (χ3n) is 4.00. The maximum absolute atomic E-state index is 13.6. The lowest BCUT2D eigenvalue weighted by molar-refractivity contribution is -0.117. The fraction of sp³-hybridized carbons (Fsp3) is 0.0909. The Hall–Kier alpha value is -3.54. The van der Waals surface area contributed by atoms with E-state index in [4.69, 9.17) is 4.74 Å². The molecule has 0 bridgehead atoms. The van der Waals surface area contributed by atoms with Crippen molar-refractivity contribution in [2.45, 2.75) is 13.0 Å². The second-order valence-corrected chi connectivity index (χ2v) is 6.06. The van der Waals surface area contributed by atoms with Gasteiger partial charge in [-0.25, -0.2) is 8.78 Å². The summed E-state index contributed by atoms with van der Waals surface area (Å²) in [6, 6.07) is 14.0. The minimum Gasteiger partial charge on any atom is -0.457 e. The predicted molar refractivity (Wildman–Crippen MR) is 103 cm³/mol. The van der Waals surface area contributed by atoms with Crippen molar-refractivity contribution in [1.29, 1.82) is 0 Å². The maximum Gasteiger partial charge on any atom is 0.244 e. The number of carbonyl (C=O) groups excluding carboxylic acids is 1. The summed E-state index contributed by atoms with van der Waals surface area (Å²) < 4.78 is 33.0. The molecule has 0 saturated heterocycles. The molecule has 142 valence electrons. The van der Waals surface area contributed by atoms with Gasteiger partial charge in [0.1, 0.15) is 23.1 Å². The summed E-state index contributed by atoms with van der Waals surface area (Å²) in [5, 5.41) is 2.76. The van der Waals surface area contributed by atoms with Gasteiger partial charge in [-0.2, -0.15) is 0 Å². The number of amides is 1. The Morgan fingerprint density at radius 3 is 2.43 bits per heavy atom. The Bertz CT molecular complexity index is 971. The number of hydrogen-bond donors (Lipinski definition) is 1. The third-order valence-corrected chi connectivity index (χ3v) is 4.00. The average molecular weight is 380 g/mol. The van der Waals surface area contributed by atoms with Crippen LogP contribution in [0.25, 0.3) is 6.08 Å². The molecule has 4 nitrogen and oxygen atoms in total. The van der Waals surface area contributed by atoms with Crippen LogP contribution in [-0.4, -0.2) is 10.9 Å². The van der Waals surface area contributed by atoms with Crippen LogP contribution in [0, 0.1) is 11.6 Å². The number of hydrogen-bond acceptors (Lipinski definition) is 3. The van der Waals surface area contributed by atoms with Gasteiger partial charge in [-0.15, -0.1) is 0 Å². The third kappa shape index (κ3) is 5.01. The Balaban J connectivity index is 1.65. The highest BCUT2D eigenvalue weighted by Gasteiger charge is 2.10. The minimum atomic E-state index is -0.724. The van der Waals surface area contributed by atoms with Crippen LogP contribution in [0.4, 0.5) is 8.78 Å². The van der Waals surface area contributed by atoms with Gasteiger partial charge in [-0.05, 0) is 55.0 Å².